The van der Waals surface area contributed by atoms with Gasteiger partial charge >= 0.3 is 5.97 Å². The molecule has 0 bridgehead atoms. The average Bonchev–Trinajstić information content (AvgIpc) is 2.61. The first-order valence-electron chi connectivity index (χ1n) is 7.66. The Morgan fingerprint density at radius 2 is 2.00 bits per heavy atom. The first-order valence-corrected chi connectivity index (χ1v) is 7.66. The van der Waals surface area contributed by atoms with Crippen LogP contribution < -0.4 is 19.5 Å². The lowest BCUT2D eigenvalue weighted by atomic mass is 10.1. The Kier molecular flexibility index (Phi) is 4.86. The van der Waals surface area contributed by atoms with Gasteiger partial charge in [-0.05, 0) is 23.3 Å². The number of benzene rings is 2. The molecule has 0 saturated carbocycles. The Labute approximate surface area is 140 Å². The highest BCUT2D eigenvalue weighted by Gasteiger charge is 2.21. The van der Waals surface area contributed by atoms with Crippen LogP contribution in [-0.4, -0.2) is 31.4 Å². The maximum absolute atomic E-state index is 11.5. The quantitative estimate of drug-likeness (QED) is 0.847. The van der Waals surface area contributed by atoms with Crippen LogP contribution in [0.1, 0.15) is 17.2 Å². The summed E-state index contributed by atoms with van der Waals surface area (Å²) in [6, 6.07) is 11.9. The molecule has 0 aliphatic carbocycles. The minimum Gasteiger partial charge on any atom is -0.493 e. The molecule has 2 aromatic rings. The van der Waals surface area contributed by atoms with E-state index in [2.05, 4.69) is 5.32 Å². The lowest BCUT2D eigenvalue weighted by Crippen LogP contribution is -2.28. The van der Waals surface area contributed by atoms with Crippen LogP contribution in [0, 0.1) is 0 Å². The summed E-state index contributed by atoms with van der Waals surface area (Å²) in [5.41, 5.74) is 1.56. The van der Waals surface area contributed by atoms with Crippen molar-refractivity contribution in [2.45, 2.75) is 12.6 Å². The van der Waals surface area contributed by atoms with Crippen molar-refractivity contribution in [3.8, 4) is 17.2 Å². The van der Waals surface area contributed by atoms with Gasteiger partial charge in [0.25, 0.3) is 0 Å². The number of ether oxygens (including phenoxy) is 3. The Balaban J connectivity index is 1.79. The van der Waals surface area contributed by atoms with Gasteiger partial charge in [0.1, 0.15) is 19.3 Å². The fourth-order valence-corrected chi connectivity index (χ4v) is 2.64. The first kappa shape index (κ1) is 16.1. The molecule has 0 unspecified atom stereocenters. The lowest BCUT2D eigenvalue weighted by molar-refractivity contribution is -0.139. The topological polar surface area (TPSA) is 77.0 Å². The van der Waals surface area contributed by atoms with Crippen molar-refractivity contribution in [2.24, 2.45) is 0 Å². The van der Waals surface area contributed by atoms with E-state index in [0.717, 1.165) is 5.56 Å². The lowest BCUT2D eigenvalue weighted by Gasteiger charge is -2.22. The van der Waals surface area contributed by atoms with Crippen LogP contribution in [0.15, 0.2) is 42.5 Å². The smallest absolute Gasteiger partial charge is 0.325 e. The summed E-state index contributed by atoms with van der Waals surface area (Å²) in [6.07, 6.45) is 0. The number of rotatable bonds is 6. The van der Waals surface area contributed by atoms with E-state index in [1.54, 1.807) is 19.2 Å². The highest BCUT2D eigenvalue weighted by Crippen LogP contribution is 2.40. The summed E-state index contributed by atoms with van der Waals surface area (Å²) in [6.45, 7) is 1.32. The molecule has 1 aliphatic heterocycles. The van der Waals surface area contributed by atoms with Crippen LogP contribution in [0.5, 0.6) is 17.2 Å². The highest BCUT2D eigenvalue weighted by molar-refractivity contribution is 5.75. The Morgan fingerprint density at radius 1 is 1.25 bits per heavy atom. The molecule has 0 spiro atoms. The molecule has 3 rings (SSSR count). The summed E-state index contributed by atoms with van der Waals surface area (Å²) in [7, 11) is 1.56. The van der Waals surface area contributed by atoms with Gasteiger partial charge in [0.15, 0.2) is 11.5 Å². The minimum absolute atomic E-state index is 0.360. The number of carboxylic acid groups (broad SMARTS) is 1. The van der Waals surface area contributed by atoms with Gasteiger partial charge in [-0.3, -0.25) is 10.1 Å². The van der Waals surface area contributed by atoms with E-state index in [-0.39, 0.29) is 0 Å². The predicted octanol–water partition coefficient (Wildman–Crippen LogP) is 2.38. The molecule has 126 valence electrons. The number of hydrogen-bond donors (Lipinski definition) is 2. The standard InChI is InChI=1S/C18H19NO5/c1-22-14-9-12(10-15-17(14)24-8-7-23-15)11-19-16(18(20)21)13-5-3-2-4-6-13/h2-6,9-10,16,19H,7-8,11H2,1H3,(H,20,21)/t16-/m0/s1. The normalized spacial score (nSPS) is 14.0. The molecule has 6 heteroatoms. The second-order valence-electron chi connectivity index (χ2n) is 5.39. The zero-order valence-electron chi connectivity index (χ0n) is 13.3. The zero-order chi connectivity index (χ0) is 16.9. The van der Waals surface area contributed by atoms with Crippen molar-refractivity contribution in [3.05, 3.63) is 53.6 Å². The molecule has 0 amide bonds. The van der Waals surface area contributed by atoms with Crippen molar-refractivity contribution in [2.75, 3.05) is 20.3 Å². The van der Waals surface area contributed by atoms with Crippen LogP contribution in [0.3, 0.4) is 0 Å². The van der Waals surface area contributed by atoms with E-state index in [4.69, 9.17) is 14.2 Å². The van der Waals surface area contributed by atoms with Gasteiger partial charge in [0.05, 0.1) is 7.11 Å². The van der Waals surface area contributed by atoms with E-state index in [1.165, 1.54) is 0 Å². The van der Waals surface area contributed by atoms with Crippen molar-refractivity contribution >= 4 is 5.97 Å². The molecule has 24 heavy (non-hydrogen) atoms. The van der Waals surface area contributed by atoms with E-state index < -0.39 is 12.0 Å². The average molecular weight is 329 g/mol. The van der Waals surface area contributed by atoms with Crippen molar-refractivity contribution in [3.63, 3.8) is 0 Å². The number of carbonyl (C=O) groups is 1. The van der Waals surface area contributed by atoms with E-state index in [9.17, 15) is 9.90 Å². The van der Waals surface area contributed by atoms with Gasteiger partial charge in [0, 0.05) is 6.54 Å². The Morgan fingerprint density at radius 3 is 2.71 bits per heavy atom. The second-order valence-corrected chi connectivity index (χ2v) is 5.39. The molecule has 0 saturated heterocycles. The molecule has 0 fully saturated rings. The minimum atomic E-state index is -0.925. The van der Waals surface area contributed by atoms with Crippen LogP contribution in [0.4, 0.5) is 0 Å². The van der Waals surface area contributed by atoms with E-state index in [1.807, 2.05) is 30.3 Å². The van der Waals surface area contributed by atoms with Gasteiger partial charge < -0.3 is 19.3 Å². The van der Waals surface area contributed by atoms with Gasteiger partial charge in [0.2, 0.25) is 5.75 Å². The van der Waals surface area contributed by atoms with Crippen molar-refractivity contribution in [1.29, 1.82) is 0 Å². The number of nitrogens with one attached hydrogen (secondary N) is 1. The van der Waals surface area contributed by atoms with Crippen LogP contribution in [0.25, 0.3) is 0 Å². The molecule has 1 atom stereocenters. The SMILES string of the molecule is COc1cc(CN[C@H](C(=O)O)c2ccccc2)cc2c1OCCO2. The van der Waals surface area contributed by atoms with E-state index >= 15 is 0 Å². The van der Waals surface area contributed by atoms with Crippen LogP contribution in [0.2, 0.25) is 0 Å². The van der Waals surface area contributed by atoms with Gasteiger partial charge in [-0.25, -0.2) is 0 Å². The molecule has 0 aromatic heterocycles. The summed E-state index contributed by atoms with van der Waals surface area (Å²) in [5, 5.41) is 12.5. The molecular formula is C18H19NO5. The van der Waals surface area contributed by atoms with Crippen LogP contribution in [-0.2, 0) is 11.3 Å². The Hall–Kier alpha value is -2.73. The fraction of sp³-hybridized carbons (Fsp3) is 0.278. The molecule has 1 aliphatic rings. The summed E-state index contributed by atoms with van der Waals surface area (Å²) in [4.78, 5) is 11.5. The van der Waals surface area contributed by atoms with Gasteiger partial charge in [-0.1, -0.05) is 30.3 Å². The highest BCUT2D eigenvalue weighted by atomic mass is 16.6. The second kappa shape index (κ2) is 7.23. The number of methoxy groups -OCH3 is 1. The number of carboxylic acids is 1. The molecule has 2 N–H and O–H groups in total. The zero-order valence-corrected chi connectivity index (χ0v) is 13.3. The third-order valence-electron chi connectivity index (χ3n) is 3.78. The molecule has 1 heterocycles. The number of hydrogen-bond acceptors (Lipinski definition) is 5. The largest absolute Gasteiger partial charge is 0.493 e. The monoisotopic (exact) mass is 329 g/mol. The fourth-order valence-electron chi connectivity index (χ4n) is 2.64. The van der Waals surface area contributed by atoms with Gasteiger partial charge in [-0.2, -0.15) is 0 Å². The molecule has 6 nitrogen and oxygen atoms in total. The van der Waals surface area contributed by atoms with E-state index in [0.29, 0.717) is 42.6 Å². The third kappa shape index (κ3) is 3.44. The van der Waals surface area contributed by atoms with Crippen molar-refractivity contribution in [1.82, 2.24) is 5.32 Å². The molecule has 2 aromatic carbocycles. The summed E-state index contributed by atoms with van der Waals surface area (Å²) in [5.74, 6) is 0.857. The first-order chi connectivity index (χ1) is 11.7. The number of aliphatic carboxylic acids is 1. The predicted molar refractivity (Wildman–Crippen MR) is 87.6 cm³/mol. The Bertz CT molecular complexity index is 700. The maximum atomic E-state index is 11.5. The molecule has 0 radical (unpaired) electrons. The summed E-state index contributed by atoms with van der Waals surface area (Å²) < 4.78 is 16.5. The van der Waals surface area contributed by atoms with Gasteiger partial charge in [-0.15, -0.1) is 0 Å². The summed E-state index contributed by atoms with van der Waals surface area (Å²) >= 11 is 0. The van der Waals surface area contributed by atoms with Crippen molar-refractivity contribution < 1.29 is 24.1 Å². The molecular weight excluding hydrogens is 310 g/mol. The number of fused-ring (bicyclic) bond motifs is 1. The maximum Gasteiger partial charge on any atom is 0.325 e. The van der Waals surface area contributed by atoms with Crippen LogP contribution >= 0.6 is 0 Å². The third-order valence-corrected chi connectivity index (χ3v) is 3.78.